The second kappa shape index (κ2) is 31.9. The normalized spacial score (nSPS) is 13.1. The molecule has 0 fully saturated rings. The molecule has 2 atom stereocenters. The summed E-state index contributed by atoms with van der Waals surface area (Å²) in [5, 5.41) is 0.482. The van der Waals surface area contributed by atoms with Crippen molar-refractivity contribution in [2.75, 3.05) is 0 Å². The minimum Gasteiger partial charge on any atom is -0.766 e. The number of fused-ring (bicyclic) bond motifs is 6. The number of thiophene rings is 2. The van der Waals surface area contributed by atoms with Crippen molar-refractivity contribution < 1.29 is 203 Å². The molecule has 0 saturated carbocycles. The summed E-state index contributed by atoms with van der Waals surface area (Å²) in [5.74, 6) is -3.45. The van der Waals surface area contributed by atoms with Crippen molar-refractivity contribution in [3.8, 4) is 11.1 Å². The Balaban J connectivity index is 0.00000108. The molecule has 8 rings (SSSR count). The second-order valence-electron chi connectivity index (χ2n) is 15.4. The first kappa shape index (κ1) is 86.7. The zero-order valence-corrected chi connectivity index (χ0v) is 50.1. The van der Waals surface area contributed by atoms with Crippen LogP contribution < -0.4 is 29.6 Å². The Morgan fingerprint density at radius 1 is 0.380 bits per heavy atom. The minimum atomic E-state index is -6.85. The molecule has 0 amide bonds. The summed E-state index contributed by atoms with van der Waals surface area (Å²) in [6.45, 7) is 0. The van der Waals surface area contributed by atoms with Crippen molar-refractivity contribution in [2.45, 2.75) is 46.0 Å². The third-order valence-electron chi connectivity index (χ3n) is 9.18. The van der Waals surface area contributed by atoms with Crippen molar-refractivity contribution >= 4 is 113 Å². The first-order valence-corrected chi connectivity index (χ1v) is 30.2. The standard InChI is InChI=1S/2C13H6F5S.C12H8F2.C2F6O5S2.2CHF3O3S.CHF3O2S.CH4.Na/c14-7-1-3-11-9(5-7)10-6-8(15)2-4-12(10)19(11)13(16,17)18;14-7-4-5-11-9(6-7)8-2-1-3-10(15)12(8)19(11)13(16,17)18;13-11-5-1-3-9(7-11)10-4-2-6-12(14)8-10;3-1(4,5)14(9,10)13-15(11,12)2(6,7)8;2*2-1(3,4)8(5,6)7;2-1(3,4)7(5)6;;/h2*1-6H;1-8H;;2*(H,5,6,7);(H,5,6);1H4;/q2*+1;;;;;;;+1/p-3. The maximum absolute atomic E-state index is 13.7. The molecule has 0 aliphatic carbocycles. The third kappa shape index (κ3) is 24.5. The van der Waals surface area contributed by atoms with Crippen LogP contribution in [0.1, 0.15) is 7.43 Å². The maximum atomic E-state index is 13.7. The largest absolute Gasteiger partial charge is 1.00 e. The quantitative estimate of drug-likeness (QED) is 0.0400. The molecule has 48 heteroatoms. The van der Waals surface area contributed by atoms with E-state index in [1.165, 1.54) is 36.4 Å². The van der Waals surface area contributed by atoms with E-state index in [9.17, 15) is 135 Å². The topological polar surface area (TPSA) is 232 Å². The molecule has 0 bridgehead atoms. The number of rotatable bonds is 3. The third-order valence-corrected chi connectivity index (χ3v) is 17.4. The molecule has 0 N–H and O–H groups in total. The van der Waals surface area contributed by atoms with Gasteiger partial charge in [0.2, 0.25) is 4.70 Å². The van der Waals surface area contributed by atoms with E-state index in [1.54, 1.807) is 24.3 Å². The minimum absolute atomic E-state index is 0. The van der Waals surface area contributed by atoms with E-state index in [1.807, 2.05) is 3.63 Å². The van der Waals surface area contributed by atoms with Gasteiger partial charge in [-0.2, -0.15) is 82.7 Å². The van der Waals surface area contributed by atoms with Gasteiger partial charge in [-0.05, 0) is 83.9 Å². The van der Waals surface area contributed by atoms with Gasteiger partial charge in [-0.1, -0.05) is 37.8 Å². The summed E-state index contributed by atoms with van der Waals surface area (Å²) in [4.78, 5) is 0. The Hall–Kier alpha value is -5.34. The van der Waals surface area contributed by atoms with Gasteiger partial charge in [0, 0.05) is 18.2 Å². The summed E-state index contributed by atoms with van der Waals surface area (Å²) in [6, 6.07) is 25.3. The molecule has 2 aromatic heterocycles. The first-order chi connectivity index (χ1) is 40.2. The van der Waals surface area contributed by atoms with E-state index in [0.29, 0.717) is 11.1 Å². The monoisotopic (exact) mass is 1520 g/mol. The number of halogens is 27. The molecule has 510 valence electrons. The molecule has 0 spiro atoms. The SMILES string of the molecule is C.Fc1ccc2c(c1)c1cc(F)ccc1[s+]2C(F)(F)F.Fc1ccc2c(c1)c1cccc(F)c1[s+]2C(F)(F)F.Fc1cccc(-c2cccc(F)c2)c1.O=S(=O)(OS(=O)(=O)C(F)(F)F)C(F)(F)F.O=S(=O)([O-])C(F)(F)F.O=S(=O)([O-])C(F)(F)F.O=S([O-])C(F)(F)F.[Na+]. The molecular formula is C44H24F27NaO13S7. The Morgan fingerprint density at radius 2 is 0.641 bits per heavy atom. The smallest absolute Gasteiger partial charge is 0.766 e. The van der Waals surface area contributed by atoms with Crippen LogP contribution in [0.2, 0.25) is 0 Å². The van der Waals surface area contributed by atoms with E-state index < -0.39 is 139 Å². The van der Waals surface area contributed by atoms with E-state index >= 15 is 0 Å². The van der Waals surface area contributed by atoms with E-state index in [2.05, 4.69) is 0 Å². The van der Waals surface area contributed by atoms with Gasteiger partial charge in [-0.15, -0.1) is 30.0 Å². The molecule has 92 heavy (non-hydrogen) atoms. The summed E-state index contributed by atoms with van der Waals surface area (Å²) >= 11 is -3.93. The molecule has 0 radical (unpaired) electrons. The van der Waals surface area contributed by atoms with E-state index in [0.717, 1.165) is 60.7 Å². The van der Waals surface area contributed by atoms with Crippen LogP contribution in [0, 0.1) is 34.9 Å². The number of hydrogen-bond acceptors (Lipinski definition) is 13. The van der Waals surface area contributed by atoms with Crippen molar-refractivity contribution in [1.82, 2.24) is 0 Å². The number of hydrogen-bond donors (Lipinski definition) is 0. The van der Waals surface area contributed by atoms with Gasteiger partial charge in [0.1, 0.15) is 50.0 Å². The van der Waals surface area contributed by atoms with E-state index in [-0.39, 0.29) is 84.3 Å². The molecule has 2 unspecified atom stereocenters. The maximum Gasteiger partial charge on any atom is 1.00 e. The predicted molar refractivity (Wildman–Crippen MR) is 266 cm³/mol. The predicted octanol–water partition coefficient (Wildman–Crippen LogP) is 13.5. The van der Waals surface area contributed by atoms with Crippen molar-refractivity contribution in [3.05, 3.63) is 156 Å². The van der Waals surface area contributed by atoms with Gasteiger partial charge in [0.25, 0.3) is 0 Å². The summed E-state index contributed by atoms with van der Waals surface area (Å²) in [7, 11) is -30.4. The van der Waals surface area contributed by atoms with Gasteiger partial charge < -0.3 is 13.7 Å². The van der Waals surface area contributed by atoms with Crippen LogP contribution >= 0.6 is 20.9 Å². The molecule has 6 aromatic carbocycles. The molecule has 0 aliphatic heterocycles. The van der Waals surface area contributed by atoms with Gasteiger partial charge in [0.05, 0.1) is 32.6 Å². The van der Waals surface area contributed by atoms with Crippen LogP contribution in [0.3, 0.4) is 0 Å². The van der Waals surface area contributed by atoms with Gasteiger partial charge >= 0.3 is 88.4 Å². The zero-order valence-electron chi connectivity index (χ0n) is 42.4. The fourth-order valence-corrected chi connectivity index (χ4v) is 11.3. The van der Waals surface area contributed by atoms with Crippen LogP contribution in [0.15, 0.2) is 121 Å². The molecule has 0 saturated heterocycles. The van der Waals surface area contributed by atoms with Crippen molar-refractivity contribution in [2.24, 2.45) is 0 Å². The van der Waals surface area contributed by atoms with Gasteiger partial charge in [-0.25, -0.2) is 43.2 Å². The van der Waals surface area contributed by atoms with Crippen LogP contribution in [0.5, 0.6) is 0 Å². The molecule has 0 aliphatic rings. The zero-order chi connectivity index (χ0) is 70.3. The van der Waals surface area contributed by atoms with Crippen molar-refractivity contribution in [3.63, 3.8) is 0 Å². The van der Waals surface area contributed by atoms with Gasteiger partial charge in [-0.3, -0.25) is 4.21 Å². The Kier molecular flexibility index (Phi) is 30.1. The first-order valence-electron chi connectivity index (χ1n) is 21.0. The number of benzene rings is 6. The fraction of sp³-hybridized carbons (Fsp3) is 0.182. The van der Waals surface area contributed by atoms with Gasteiger partial charge in [0.15, 0.2) is 40.2 Å². The molecule has 2 heterocycles. The Bertz CT molecular complexity index is 4130. The molecule has 13 nitrogen and oxygen atoms in total. The van der Waals surface area contributed by atoms with Crippen LogP contribution in [-0.2, 0) is 66.2 Å². The average Bonchev–Trinajstić information content (AvgIpc) is 1.59. The molecular weight excluding hydrogens is 1500 g/mol. The Labute approximate surface area is 526 Å². The van der Waals surface area contributed by atoms with Crippen LogP contribution in [0.25, 0.3) is 51.5 Å². The van der Waals surface area contributed by atoms with Crippen LogP contribution in [0.4, 0.5) is 119 Å². The molecule has 8 aromatic rings. The fourth-order valence-electron chi connectivity index (χ4n) is 5.85. The number of alkyl halides is 21. The van der Waals surface area contributed by atoms with Crippen molar-refractivity contribution in [1.29, 1.82) is 0 Å². The Morgan fingerprint density at radius 3 is 0.891 bits per heavy atom. The average molecular weight is 1520 g/mol. The van der Waals surface area contributed by atoms with E-state index in [4.69, 9.17) is 34.7 Å². The summed E-state index contributed by atoms with van der Waals surface area (Å²) in [5.41, 5.74) is -36.6. The second-order valence-corrected chi connectivity index (χ2v) is 26.3. The van der Waals surface area contributed by atoms with Crippen LogP contribution in [-0.4, -0.2) is 79.1 Å². The summed E-state index contributed by atoms with van der Waals surface area (Å²) < 4.78 is 435. The summed E-state index contributed by atoms with van der Waals surface area (Å²) in [6.07, 6.45) is 0.